The molecule has 0 aliphatic heterocycles. The maximum atomic E-state index is 5.35. The third kappa shape index (κ3) is 6.53. The van der Waals surface area contributed by atoms with Crippen LogP contribution in [0.4, 0.5) is 0 Å². The minimum atomic E-state index is 0.165. The summed E-state index contributed by atoms with van der Waals surface area (Å²) in [4.78, 5) is 0. The second-order valence-electron chi connectivity index (χ2n) is 7.01. The first-order valence-electron chi connectivity index (χ1n) is 7.61. The van der Waals surface area contributed by atoms with Crippen LogP contribution in [0.25, 0.3) is 0 Å². The Bertz CT molecular complexity index is 377. The van der Waals surface area contributed by atoms with E-state index in [-0.39, 0.29) is 5.54 Å². The van der Waals surface area contributed by atoms with E-state index in [1.807, 2.05) is 0 Å². The molecular weight excluding hydrogens is 246 g/mol. The highest BCUT2D eigenvalue weighted by atomic mass is 16.5. The van der Waals surface area contributed by atoms with E-state index in [0.29, 0.717) is 11.8 Å². The lowest BCUT2D eigenvalue weighted by atomic mass is 9.87. The van der Waals surface area contributed by atoms with E-state index in [0.717, 1.165) is 19.6 Å². The van der Waals surface area contributed by atoms with Gasteiger partial charge >= 0.3 is 0 Å². The molecule has 0 saturated heterocycles. The summed E-state index contributed by atoms with van der Waals surface area (Å²) in [5.41, 5.74) is 2.90. The SMILES string of the molecule is COCC(C)C(CNC(C)(C)C)Cc1ccc(C)cc1. The Labute approximate surface area is 124 Å². The summed E-state index contributed by atoms with van der Waals surface area (Å²) in [7, 11) is 1.79. The zero-order valence-corrected chi connectivity index (χ0v) is 14.0. The number of hydrogen-bond donors (Lipinski definition) is 1. The lowest BCUT2D eigenvalue weighted by Gasteiger charge is -2.29. The first kappa shape index (κ1) is 17.2. The molecule has 0 saturated carbocycles. The Morgan fingerprint density at radius 3 is 2.25 bits per heavy atom. The molecular formula is C18H31NO. The molecule has 1 aromatic carbocycles. The number of nitrogens with one attached hydrogen (secondary N) is 1. The number of ether oxygens (including phenoxy) is 1. The fourth-order valence-corrected chi connectivity index (χ4v) is 2.34. The van der Waals surface area contributed by atoms with Gasteiger partial charge in [-0.1, -0.05) is 36.8 Å². The molecule has 0 amide bonds. The van der Waals surface area contributed by atoms with Crippen molar-refractivity contribution in [2.75, 3.05) is 20.3 Å². The number of rotatable bonds is 7. The van der Waals surface area contributed by atoms with E-state index in [9.17, 15) is 0 Å². The molecule has 1 N–H and O–H groups in total. The van der Waals surface area contributed by atoms with Crippen LogP contribution in [0, 0.1) is 18.8 Å². The van der Waals surface area contributed by atoms with Gasteiger partial charge in [-0.15, -0.1) is 0 Å². The van der Waals surface area contributed by atoms with Gasteiger partial charge in [0.05, 0.1) is 0 Å². The molecule has 0 aromatic heterocycles. The number of hydrogen-bond acceptors (Lipinski definition) is 2. The first-order valence-corrected chi connectivity index (χ1v) is 7.61. The average Bonchev–Trinajstić information content (AvgIpc) is 2.36. The molecule has 1 rings (SSSR count). The van der Waals surface area contributed by atoms with Gasteiger partial charge in [0.2, 0.25) is 0 Å². The van der Waals surface area contributed by atoms with Crippen molar-refractivity contribution >= 4 is 0 Å². The number of aryl methyl sites for hydroxylation is 1. The topological polar surface area (TPSA) is 21.3 Å². The van der Waals surface area contributed by atoms with E-state index in [1.165, 1.54) is 11.1 Å². The van der Waals surface area contributed by atoms with Crippen LogP contribution in [0.15, 0.2) is 24.3 Å². The highest BCUT2D eigenvalue weighted by molar-refractivity contribution is 5.21. The predicted octanol–water partition coefficient (Wildman–Crippen LogP) is 3.82. The molecule has 20 heavy (non-hydrogen) atoms. The van der Waals surface area contributed by atoms with Crippen molar-refractivity contribution in [1.82, 2.24) is 5.32 Å². The third-order valence-corrected chi connectivity index (χ3v) is 3.75. The highest BCUT2D eigenvalue weighted by Crippen LogP contribution is 2.19. The van der Waals surface area contributed by atoms with Crippen LogP contribution in [0.3, 0.4) is 0 Å². The summed E-state index contributed by atoms with van der Waals surface area (Å²) in [5.74, 6) is 1.15. The van der Waals surface area contributed by atoms with Gasteiger partial charge in [-0.25, -0.2) is 0 Å². The van der Waals surface area contributed by atoms with E-state index < -0.39 is 0 Å². The minimum absolute atomic E-state index is 0.165. The van der Waals surface area contributed by atoms with Gasteiger partial charge in [0.15, 0.2) is 0 Å². The largest absolute Gasteiger partial charge is 0.384 e. The van der Waals surface area contributed by atoms with Crippen molar-refractivity contribution in [3.05, 3.63) is 35.4 Å². The van der Waals surface area contributed by atoms with Crippen LogP contribution >= 0.6 is 0 Å². The molecule has 114 valence electrons. The molecule has 2 unspecified atom stereocenters. The molecule has 2 nitrogen and oxygen atoms in total. The van der Waals surface area contributed by atoms with Gasteiger partial charge in [0, 0.05) is 19.3 Å². The molecule has 0 radical (unpaired) electrons. The summed E-state index contributed by atoms with van der Waals surface area (Å²) in [6.07, 6.45) is 1.11. The highest BCUT2D eigenvalue weighted by Gasteiger charge is 2.20. The molecule has 2 atom stereocenters. The van der Waals surface area contributed by atoms with Gasteiger partial charge in [-0.05, 0) is 58.1 Å². The molecule has 0 bridgehead atoms. The zero-order valence-electron chi connectivity index (χ0n) is 14.0. The summed E-state index contributed by atoms with van der Waals surface area (Å²) in [5, 5.41) is 3.64. The van der Waals surface area contributed by atoms with Crippen LogP contribution in [0.5, 0.6) is 0 Å². The van der Waals surface area contributed by atoms with Gasteiger partial charge in [-0.2, -0.15) is 0 Å². The Morgan fingerprint density at radius 2 is 1.75 bits per heavy atom. The fourth-order valence-electron chi connectivity index (χ4n) is 2.34. The Balaban J connectivity index is 2.68. The third-order valence-electron chi connectivity index (χ3n) is 3.75. The Hall–Kier alpha value is -0.860. The summed E-state index contributed by atoms with van der Waals surface area (Å²) in [6.45, 7) is 12.9. The van der Waals surface area contributed by atoms with Crippen LogP contribution in [-0.4, -0.2) is 25.8 Å². The van der Waals surface area contributed by atoms with Crippen molar-refractivity contribution in [1.29, 1.82) is 0 Å². The van der Waals surface area contributed by atoms with Crippen molar-refractivity contribution in [3.8, 4) is 0 Å². The summed E-state index contributed by atoms with van der Waals surface area (Å²) < 4.78 is 5.35. The van der Waals surface area contributed by atoms with Gasteiger partial charge < -0.3 is 10.1 Å². The van der Waals surface area contributed by atoms with Crippen LogP contribution in [-0.2, 0) is 11.2 Å². The van der Waals surface area contributed by atoms with E-state index >= 15 is 0 Å². The predicted molar refractivity (Wildman–Crippen MR) is 87.2 cm³/mol. The van der Waals surface area contributed by atoms with Crippen LogP contribution in [0.1, 0.15) is 38.8 Å². The number of methoxy groups -OCH3 is 1. The van der Waals surface area contributed by atoms with E-state index in [1.54, 1.807) is 7.11 Å². The van der Waals surface area contributed by atoms with E-state index in [2.05, 4.69) is 64.2 Å². The Morgan fingerprint density at radius 1 is 1.15 bits per heavy atom. The standard InChI is InChI=1S/C18H31NO/c1-14-7-9-16(10-8-14)11-17(15(2)13-20-6)12-19-18(3,4)5/h7-10,15,17,19H,11-13H2,1-6H3. The number of benzene rings is 1. The second-order valence-corrected chi connectivity index (χ2v) is 7.01. The lowest BCUT2D eigenvalue weighted by molar-refractivity contribution is 0.125. The lowest BCUT2D eigenvalue weighted by Crippen LogP contribution is -2.41. The van der Waals surface area contributed by atoms with Crippen LogP contribution < -0.4 is 5.32 Å². The van der Waals surface area contributed by atoms with Gasteiger partial charge in [0.25, 0.3) is 0 Å². The monoisotopic (exact) mass is 277 g/mol. The Kier molecular flexibility index (Phi) is 6.70. The maximum Gasteiger partial charge on any atom is 0.0491 e. The summed E-state index contributed by atoms with van der Waals surface area (Å²) in [6, 6.07) is 8.90. The van der Waals surface area contributed by atoms with Gasteiger partial charge in [0.1, 0.15) is 0 Å². The molecule has 0 heterocycles. The fraction of sp³-hybridized carbons (Fsp3) is 0.667. The molecule has 1 aromatic rings. The van der Waals surface area contributed by atoms with Crippen LogP contribution in [0.2, 0.25) is 0 Å². The molecule has 0 fully saturated rings. The second kappa shape index (κ2) is 7.80. The zero-order chi connectivity index (χ0) is 15.2. The maximum absolute atomic E-state index is 5.35. The molecule has 2 heteroatoms. The normalized spacial score (nSPS) is 15.1. The smallest absolute Gasteiger partial charge is 0.0491 e. The van der Waals surface area contributed by atoms with E-state index in [4.69, 9.17) is 4.74 Å². The minimum Gasteiger partial charge on any atom is -0.384 e. The van der Waals surface area contributed by atoms with Crippen molar-refractivity contribution in [2.24, 2.45) is 11.8 Å². The van der Waals surface area contributed by atoms with Gasteiger partial charge in [-0.3, -0.25) is 0 Å². The molecule has 0 aliphatic carbocycles. The first-order chi connectivity index (χ1) is 9.31. The quantitative estimate of drug-likeness (QED) is 0.818. The van der Waals surface area contributed by atoms with Crippen molar-refractivity contribution < 1.29 is 4.74 Å². The van der Waals surface area contributed by atoms with Crippen molar-refractivity contribution in [3.63, 3.8) is 0 Å². The average molecular weight is 277 g/mol. The molecule has 0 aliphatic rings. The van der Waals surface area contributed by atoms with Crippen molar-refractivity contribution in [2.45, 2.75) is 46.6 Å². The molecule has 0 spiro atoms. The summed E-state index contributed by atoms with van der Waals surface area (Å²) >= 11 is 0.